The summed E-state index contributed by atoms with van der Waals surface area (Å²) in [5, 5.41) is 38.8. The molecule has 0 aliphatic carbocycles. The molecule has 3 aliphatic heterocycles. The first kappa shape index (κ1) is 14.1. The van der Waals surface area contributed by atoms with Crippen LogP contribution in [-0.2, 0) is 9.53 Å². The van der Waals surface area contributed by atoms with E-state index >= 15 is 0 Å². The van der Waals surface area contributed by atoms with Crippen molar-refractivity contribution in [2.45, 2.75) is 30.5 Å². The van der Waals surface area contributed by atoms with E-state index in [-0.39, 0.29) is 11.9 Å². The van der Waals surface area contributed by atoms with Crippen LogP contribution in [0.15, 0.2) is 16.8 Å². The van der Waals surface area contributed by atoms with E-state index in [2.05, 4.69) is 10.3 Å². The van der Waals surface area contributed by atoms with Crippen molar-refractivity contribution in [1.82, 2.24) is 10.2 Å². The largest absolute Gasteiger partial charge is 0.394 e. The number of ether oxygens (including phenoxy) is 1. The van der Waals surface area contributed by atoms with Crippen molar-refractivity contribution >= 4 is 17.6 Å². The second kappa shape index (κ2) is 4.88. The number of aliphatic hydroxyl groups is 3. The van der Waals surface area contributed by atoms with E-state index < -0.39 is 37.1 Å². The van der Waals surface area contributed by atoms with Gasteiger partial charge in [0, 0.05) is 18.8 Å². The fourth-order valence-electron chi connectivity index (χ4n) is 2.85. The van der Waals surface area contributed by atoms with Gasteiger partial charge < -0.3 is 25.0 Å². The lowest BCUT2D eigenvalue weighted by molar-refractivity contribution is -0.121. The lowest BCUT2D eigenvalue weighted by atomic mass is 9.96. The van der Waals surface area contributed by atoms with Gasteiger partial charge in [0.1, 0.15) is 24.4 Å². The van der Waals surface area contributed by atoms with E-state index in [1.807, 2.05) is 0 Å². The molecule has 0 aromatic rings. The summed E-state index contributed by atoms with van der Waals surface area (Å²) in [5.41, 5.74) is 0.755. The number of hydrogen-bond acceptors (Lipinski definition) is 7. The first-order valence-electron chi connectivity index (χ1n) is 6.48. The van der Waals surface area contributed by atoms with Crippen LogP contribution in [0.4, 0.5) is 0 Å². The molecule has 114 valence electrons. The van der Waals surface area contributed by atoms with Crippen LogP contribution in [0.5, 0.6) is 0 Å². The topological polar surface area (TPSA) is 138 Å². The Morgan fingerprint density at radius 3 is 2.81 bits per heavy atom. The number of aliphatic hydroxyl groups excluding tert-OH is 3. The van der Waals surface area contributed by atoms with Gasteiger partial charge in [0.25, 0.3) is 5.91 Å². The lowest BCUT2D eigenvalue weighted by Gasteiger charge is -2.25. The third-order valence-corrected chi connectivity index (χ3v) is 3.88. The van der Waals surface area contributed by atoms with Crippen molar-refractivity contribution < 1.29 is 24.9 Å². The number of guanidine groups is 1. The van der Waals surface area contributed by atoms with E-state index in [1.165, 1.54) is 0 Å². The minimum atomic E-state index is -1.23. The molecule has 3 rings (SSSR count). The molecule has 0 bridgehead atoms. The Labute approximate surface area is 120 Å². The van der Waals surface area contributed by atoms with Crippen molar-refractivity contribution in [2.24, 2.45) is 4.99 Å². The zero-order valence-corrected chi connectivity index (χ0v) is 11.2. The van der Waals surface area contributed by atoms with Gasteiger partial charge >= 0.3 is 0 Å². The summed E-state index contributed by atoms with van der Waals surface area (Å²) >= 11 is 0. The fourth-order valence-corrected chi connectivity index (χ4v) is 2.85. The molecule has 0 radical (unpaired) electrons. The predicted molar refractivity (Wildman–Crippen MR) is 70.7 cm³/mol. The second-order valence-corrected chi connectivity index (χ2v) is 5.25. The number of carbonyl (C=O) groups excluding carboxylic acids is 1. The maximum Gasteiger partial charge on any atom is 0.255 e. The summed E-state index contributed by atoms with van der Waals surface area (Å²) in [7, 11) is 1.67. The minimum Gasteiger partial charge on any atom is -0.394 e. The quantitative estimate of drug-likeness (QED) is 0.372. The highest BCUT2D eigenvalue weighted by molar-refractivity contribution is 6.26. The standard InChI is InChI=1S/C12H16N4O5/c1-16-2-4(6-7(16)11(20)15-12(13)14-6)10-9(19)8(18)5(3-17)21-10/h2,5,7-10,17-19H,3H2,1H3,(H2,13,15,20)/t5-,7?,8-,9-,10+/m1/s1. The molecular weight excluding hydrogens is 280 g/mol. The Morgan fingerprint density at radius 1 is 1.48 bits per heavy atom. The van der Waals surface area contributed by atoms with Crippen molar-refractivity contribution in [3.8, 4) is 0 Å². The first-order chi connectivity index (χ1) is 9.93. The summed E-state index contributed by atoms with van der Waals surface area (Å²) in [6.07, 6.45) is -2.65. The van der Waals surface area contributed by atoms with Gasteiger partial charge in [0.05, 0.1) is 12.3 Å². The van der Waals surface area contributed by atoms with Gasteiger partial charge in [-0.05, 0) is 0 Å². The zero-order chi connectivity index (χ0) is 15.3. The lowest BCUT2D eigenvalue weighted by Crippen LogP contribution is -2.51. The number of carbonyl (C=O) groups is 1. The molecule has 3 aliphatic rings. The highest BCUT2D eigenvalue weighted by atomic mass is 16.6. The van der Waals surface area contributed by atoms with E-state index in [0.717, 1.165) is 0 Å². The van der Waals surface area contributed by atoms with Gasteiger partial charge in [-0.25, -0.2) is 4.99 Å². The highest BCUT2D eigenvalue weighted by Crippen LogP contribution is 2.32. The molecule has 0 aromatic carbocycles. The monoisotopic (exact) mass is 296 g/mol. The Morgan fingerprint density at radius 2 is 2.19 bits per heavy atom. The molecule has 1 saturated heterocycles. The van der Waals surface area contributed by atoms with Crippen LogP contribution in [0, 0.1) is 5.41 Å². The molecule has 1 amide bonds. The number of aliphatic imine (C=N–C) groups is 1. The second-order valence-electron chi connectivity index (χ2n) is 5.25. The molecule has 1 unspecified atom stereocenters. The van der Waals surface area contributed by atoms with Gasteiger partial charge in [-0.3, -0.25) is 15.5 Å². The Balaban J connectivity index is 1.94. The van der Waals surface area contributed by atoms with Crippen LogP contribution in [0.3, 0.4) is 0 Å². The molecule has 9 heteroatoms. The molecular formula is C12H16N4O5. The summed E-state index contributed by atoms with van der Waals surface area (Å²) in [6, 6.07) is -0.685. The SMILES string of the molecule is CN1C=C([C@@H]2O[C@H](CO)[C@@H](O)[C@H]2O)C2=NC(=N)NC(=O)C21. The number of nitrogens with zero attached hydrogens (tertiary/aromatic N) is 2. The van der Waals surface area contributed by atoms with Crippen LogP contribution >= 0.6 is 0 Å². The Hall–Kier alpha value is -1.81. The third kappa shape index (κ3) is 2.05. The van der Waals surface area contributed by atoms with Crippen LogP contribution in [-0.4, -0.2) is 81.9 Å². The molecule has 0 spiro atoms. The number of fused-ring (bicyclic) bond motifs is 1. The van der Waals surface area contributed by atoms with Crippen molar-refractivity contribution in [3.63, 3.8) is 0 Å². The minimum absolute atomic E-state index is 0.279. The van der Waals surface area contributed by atoms with Gasteiger partial charge in [0.2, 0.25) is 5.96 Å². The molecule has 9 nitrogen and oxygen atoms in total. The van der Waals surface area contributed by atoms with Gasteiger partial charge in [-0.1, -0.05) is 0 Å². The maximum atomic E-state index is 11.9. The first-order valence-corrected chi connectivity index (χ1v) is 6.48. The maximum absolute atomic E-state index is 11.9. The number of likely N-dealkylation sites (N-methyl/N-ethyl adjacent to an activating group) is 1. The highest BCUT2D eigenvalue weighted by Gasteiger charge is 2.49. The third-order valence-electron chi connectivity index (χ3n) is 3.88. The molecule has 1 fully saturated rings. The number of rotatable bonds is 2. The van der Waals surface area contributed by atoms with Crippen molar-refractivity contribution in [2.75, 3.05) is 13.7 Å². The van der Waals surface area contributed by atoms with E-state index in [0.29, 0.717) is 11.3 Å². The van der Waals surface area contributed by atoms with E-state index in [9.17, 15) is 15.0 Å². The number of nitrogens with one attached hydrogen (secondary N) is 2. The van der Waals surface area contributed by atoms with Gasteiger partial charge in [-0.15, -0.1) is 0 Å². The van der Waals surface area contributed by atoms with Crippen molar-refractivity contribution in [3.05, 3.63) is 11.8 Å². The molecule has 21 heavy (non-hydrogen) atoms. The van der Waals surface area contributed by atoms with Gasteiger partial charge in [0.15, 0.2) is 6.04 Å². The molecule has 0 saturated carbocycles. The van der Waals surface area contributed by atoms with Crippen molar-refractivity contribution in [1.29, 1.82) is 5.41 Å². The average molecular weight is 296 g/mol. The average Bonchev–Trinajstić information content (AvgIpc) is 2.89. The molecule has 5 atom stereocenters. The van der Waals surface area contributed by atoms with Crippen LogP contribution in [0.25, 0.3) is 0 Å². The summed E-state index contributed by atoms with van der Waals surface area (Å²) in [4.78, 5) is 17.5. The smallest absolute Gasteiger partial charge is 0.255 e. The van der Waals surface area contributed by atoms with Crippen LogP contribution in [0.2, 0.25) is 0 Å². The number of amides is 1. The van der Waals surface area contributed by atoms with Crippen LogP contribution in [0.1, 0.15) is 0 Å². The Bertz CT molecular complexity index is 560. The molecule has 5 N–H and O–H groups in total. The van der Waals surface area contributed by atoms with Gasteiger partial charge in [-0.2, -0.15) is 0 Å². The summed E-state index contributed by atoms with van der Waals surface area (Å²) in [5.74, 6) is -0.662. The van der Waals surface area contributed by atoms with E-state index in [1.54, 1.807) is 18.1 Å². The molecule has 0 aromatic heterocycles. The summed E-state index contributed by atoms with van der Waals surface area (Å²) in [6.45, 7) is -0.427. The summed E-state index contributed by atoms with van der Waals surface area (Å²) < 4.78 is 5.46. The van der Waals surface area contributed by atoms with E-state index in [4.69, 9.17) is 15.3 Å². The predicted octanol–water partition coefficient (Wildman–Crippen LogP) is -2.83. The normalized spacial score (nSPS) is 39.0. The Kier molecular flexibility index (Phi) is 3.29. The van der Waals surface area contributed by atoms with Crippen LogP contribution < -0.4 is 5.32 Å². The fraction of sp³-hybridized carbons (Fsp3) is 0.583. The zero-order valence-electron chi connectivity index (χ0n) is 11.2. The number of hydrogen-bond donors (Lipinski definition) is 5. The molecule has 3 heterocycles.